The predicted octanol–water partition coefficient (Wildman–Crippen LogP) is 0.603. The Bertz CT molecular complexity index is 225. The summed E-state index contributed by atoms with van der Waals surface area (Å²) in [4.78, 5) is 21.8. The van der Waals surface area contributed by atoms with Crippen LogP contribution in [0.3, 0.4) is 0 Å². The monoisotopic (exact) mass is 170 g/mol. The molecule has 1 saturated heterocycles. The van der Waals surface area contributed by atoms with E-state index in [4.69, 9.17) is 9.47 Å². The molecule has 0 spiro atoms. The smallest absolute Gasteiger partial charge is 0.320 e. The van der Waals surface area contributed by atoms with Crippen LogP contribution in [0.15, 0.2) is 0 Å². The van der Waals surface area contributed by atoms with E-state index in [1.807, 2.05) is 0 Å². The molecule has 0 N–H and O–H groups in total. The summed E-state index contributed by atoms with van der Waals surface area (Å²) in [6.45, 7) is 1.65. The maximum atomic E-state index is 10.9. The van der Waals surface area contributed by atoms with Crippen molar-refractivity contribution in [1.29, 1.82) is 0 Å². The van der Waals surface area contributed by atoms with Crippen LogP contribution in [-0.2, 0) is 19.1 Å². The summed E-state index contributed by atoms with van der Waals surface area (Å²) in [6, 6.07) is 0. The van der Waals surface area contributed by atoms with Gasteiger partial charge in [-0.2, -0.15) is 0 Å². The molecule has 0 unspecified atom stereocenters. The molecule has 0 atom stereocenters. The molecule has 12 heavy (non-hydrogen) atoms. The van der Waals surface area contributed by atoms with Crippen molar-refractivity contribution in [1.82, 2.24) is 0 Å². The van der Waals surface area contributed by atoms with E-state index in [0.29, 0.717) is 0 Å². The van der Waals surface area contributed by atoms with Gasteiger partial charge in [0.25, 0.3) is 5.79 Å². The standard InChI is InChI=1S/C8H10O4/c1-8(5-2-3-5)11-6(9)4-7(10)12-8/h5H,2-4H2,1H3. The fraction of sp³-hybridized carbons (Fsp3) is 0.750. The van der Waals surface area contributed by atoms with Gasteiger partial charge in [-0.1, -0.05) is 0 Å². The largest absolute Gasteiger partial charge is 0.422 e. The van der Waals surface area contributed by atoms with Gasteiger partial charge in [0.2, 0.25) is 0 Å². The highest BCUT2D eigenvalue weighted by atomic mass is 16.7. The van der Waals surface area contributed by atoms with E-state index < -0.39 is 17.7 Å². The minimum atomic E-state index is -0.966. The minimum absolute atomic E-state index is 0.214. The SMILES string of the molecule is CC1(C2CC2)OC(=O)CC(=O)O1. The lowest BCUT2D eigenvalue weighted by Gasteiger charge is -2.32. The Morgan fingerprint density at radius 3 is 2.17 bits per heavy atom. The van der Waals surface area contributed by atoms with Gasteiger partial charge in [-0.05, 0) is 12.8 Å². The average molecular weight is 170 g/mol. The Morgan fingerprint density at radius 1 is 1.25 bits per heavy atom. The van der Waals surface area contributed by atoms with E-state index in [0.717, 1.165) is 12.8 Å². The normalized spacial score (nSPS) is 27.8. The summed E-state index contributed by atoms with van der Waals surface area (Å²) >= 11 is 0. The van der Waals surface area contributed by atoms with Crippen LogP contribution in [0.1, 0.15) is 26.2 Å². The molecular formula is C8H10O4. The molecule has 4 nitrogen and oxygen atoms in total. The van der Waals surface area contributed by atoms with Crippen LogP contribution >= 0.6 is 0 Å². The number of hydrogen-bond acceptors (Lipinski definition) is 4. The predicted molar refractivity (Wildman–Crippen MR) is 37.9 cm³/mol. The first-order valence-corrected chi connectivity index (χ1v) is 4.04. The number of rotatable bonds is 1. The molecule has 2 aliphatic rings. The number of hydrogen-bond donors (Lipinski definition) is 0. The van der Waals surface area contributed by atoms with Gasteiger partial charge in [-0.25, -0.2) is 0 Å². The molecule has 2 rings (SSSR count). The van der Waals surface area contributed by atoms with E-state index >= 15 is 0 Å². The molecule has 0 aromatic rings. The van der Waals surface area contributed by atoms with Crippen molar-refractivity contribution in [2.75, 3.05) is 0 Å². The van der Waals surface area contributed by atoms with Crippen LogP contribution in [0.4, 0.5) is 0 Å². The second kappa shape index (κ2) is 2.21. The Labute approximate surface area is 69.8 Å². The third kappa shape index (κ3) is 1.17. The summed E-state index contributed by atoms with van der Waals surface area (Å²) < 4.78 is 9.97. The lowest BCUT2D eigenvalue weighted by atomic mass is 10.2. The highest BCUT2D eigenvalue weighted by Crippen LogP contribution is 2.44. The Morgan fingerprint density at radius 2 is 1.75 bits per heavy atom. The van der Waals surface area contributed by atoms with Crippen LogP contribution in [0, 0.1) is 5.92 Å². The van der Waals surface area contributed by atoms with Crippen molar-refractivity contribution in [2.45, 2.75) is 32.0 Å². The topological polar surface area (TPSA) is 52.6 Å². The summed E-state index contributed by atoms with van der Waals surface area (Å²) in [6.07, 6.45) is 1.69. The Balaban J connectivity index is 2.14. The third-order valence-electron chi connectivity index (χ3n) is 2.24. The van der Waals surface area contributed by atoms with Gasteiger partial charge in [0.15, 0.2) is 0 Å². The van der Waals surface area contributed by atoms with Crippen molar-refractivity contribution in [3.05, 3.63) is 0 Å². The van der Waals surface area contributed by atoms with Gasteiger partial charge in [0.05, 0.1) is 0 Å². The first kappa shape index (κ1) is 7.58. The zero-order valence-corrected chi connectivity index (χ0v) is 6.83. The number of carbonyl (C=O) groups is 2. The molecule has 1 heterocycles. The van der Waals surface area contributed by atoms with Gasteiger partial charge in [0, 0.05) is 12.8 Å². The van der Waals surface area contributed by atoms with Gasteiger partial charge in [-0.3, -0.25) is 9.59 Å². The van der Waals surface area contributed by atoms with Crippen molar-refractivity contribution < 1.29 is 19.1 Å². The van der Waals surface area contributed by atoms with Crippen LogP contribution in [0.2, 0.25) is 0 Å². The average Bonchev–Trinajstić information content (AvgIpc) is 2.61. The molecule has 0 bridgehead atoms. The maximum Gasteiger partial charge on any atom is 0.320 e. The second-order valence-electron chi connectivity index (χ2n) is 3.42. The van der Waals surface area contributed by atoms with Crippen molar-refractivity contribution in [3.63, 3.8) is 0 Å². The molecule has 0 aromatic heterocycles. The Kier molecular flexibility index (Phi) is 1.40. The fourth-order valence-corrected chi connectivity index (χ4v) is 1.44. The molecule has 4 heteroatoms. The van der Waals surface area contributed by atoms with E-state index in [1.54, 1.807) is 6.92 Å². The number of cyclic esters (lactones) is 2. The molecule has 0 radical (unpaired) electrons. The number of esters is 2. The molecule has 0 amide bonds. The fourth-order valence-electron chi connectivity index (χ4n) is 1.44. The van der Waals surface area contributed by atoms with Crippen molar-refractivity contribution >= 4 is 11.9 Å². The Hall–Kier alpha value is -1.06. The summed E-state index contributed by atoms with van der Waals surface area (Å²) in [5.74, 6) is -1.70. The number of ether oxygens (including phenoxy) is 2. The van der Waals surface area contributed by atoms with Crippen LogP contribution in [0.5, 0.6) is 0 Å². The van der Waals surface area contributed by atoms with Gasteiger partial charge in [0.1, 0.15) is 6.42 Å². The molecule has 66 valence electrons. The van der Waals surface area contributed by atoms with Crippen molar-refractivity contribution in [3.8, 4) is 0 Å². The summed E-state index contributed by atoms with van der Waals surface area (Å²) in [5.41, 5.74) is 0. The highest BCUT2D eigenvalue weighted by Gasteiger charge is 2.50. The molecular weight excluding hydrogens is 160 g/mol. The van der Waals surface area contributed by atoms with E-state index in [2.05, 4.69) is 0 Å². The first-order valence-electron chi connectivity index (χ1n) is 4.04. The highest BCUT2D eigenvalue weighted by molar-refractivity contribution is 5.93. The van der Waals surface area contributed by atoms with Gasteiger partial charge < -0.3 is 9.47 Å². The third-order valence-corrected chi connectivity index (χ3v) is 2.24. The van der Waals surface area contributed by atoms with Crippen LogP contribution in [-0.4, -0.2) is 17.7 Å². The van der Waals surface area contributed by atoms with Gasteiger partial charge in [-0.15, -0.1) is 0 Å². The van der Waals surface area contributed by atoms with E-state index in [9.17, 15) is 9.59 Å². The molecule has 1 aliphatic carbocycles. The van der Waals surface area contributed by atoms with Crippen LogP contribution < -0.4 is 0 Å². The summed E-state index contributed by atoms with van der Waals surface area (Å²) in [5, 5.41) is 0. The van der Waals surface area contributed by atoms with Crippen LogP contribution in [0.25, 0.3) is 0 Å². The lowest BCUT2D eigenvalue weighted by molar-refractivity contribution is -0.244. The molecule has 2 fully saturated rings. The van der Waals surface area contributed by atoms with Crippen molar-refractivity contribution in [2.24, 2.45) is 5.92 Å². The zero-order chi connectivity index (χ0) is 8.77. The van der Waals surface area contributed by atoms with E-state index in [1.165, 1.54) is 0 Å². The maximum absolute atomic E-state index is 10.9. The quantitative estimate of drug-likeness (QED) is 0.427. The minimum Gasteiger partial charge on any atom is -0.422 e. The lowest BCUT2D eigenvalue weighted by Crippen LogP contribution is -2.44. The second-order valence-corrected chi connectivity index (χ2v) is 3.42. The molecule has 1 aliphatic heterocycles. The number of carbonyl (C=O) groups excluding carboxylic acids is 2. The molecule has 0 aromatic carbocycles. The zero-order valence-electron chi connectivity index (χ0n) is 6.83. The first-order chi connectivity index (χ1) is 5.60. The summed E-state index contributed by atoms with van der Waals surface area (Å²) in [7, 11) is 0. The van der Waals surface area contributed by atoms with Gasteiger partial charge >= 0.3 is 11.9 Å². The molecule has 1 saturated carbocycles. The van der Waals surface area contributed by atoms with E-state index in [-0.39, 0.29) is 12.3 Å².